The summed E-state index contributed by atoms with van der Waals surface area (Å²) in [5.74, 6) is 0.378. The molecule has 0 bridgehead atoms. The smallest absolute Gasteiger partial charge is 0.407 e. The van der Waals surface area contributed by atoms with E-state index in [1.807, 2.05) is 94.4 Å². The molecule has 1 saturated carbocycles. The fourth-order valence-electron chi connectivity index (χ4n) is 4.96. The lowest BCUT2D eigenvalue weighted by Gasteiger charge is -2.21. The number of hydrogen-bond donors (Lipinski definition) is 3. The molecule has 0 spiro atoms. The Balaban J connectivity index is 1.34. The van der Waals surface area contributed by atoms with Crippen LogP contribution in [0.4, 0.5) is 10.5 Å². The summed E-state index contributed by atoms with van der Waals surface area (Å²) < 4.78 is 6.94. The van der Waals surface area contributed by atoms with Crippen LogP contribution < -0.4 is 16.0 Å². The van der Waals surface area contributed by atoms with Crippen LogP contribution in [0.1, 0.15) is 78.1 Å². The first kappa shape index (κ1) is 30.5. The molecule has 0 aliphatic heterocycles. The van der Waals surface area contributed by atoms with Gasteiger partial charge in [0.2, 0.25) is 0 Å². The van der Waals surface area contributed by atoms with E-state index in [0.29, 0.717) is 34.2 Å². The van der Waals surface area contributed by atoms with Gasteiger partial charge < -0.3 is 20.7 Å². The molecule has 1 fully saturated rings. The Kier molecular flexibility index (Phi) is 9.12. The van der Waals surface area contributed by atoms with E-state index >= 15 is 0 Å². The number of nitrogens with one attached hydrogen (secondary N) is 3. The van der Waals surface area contributed by atoms with Gasteiger partial charge in [-0.1, -0.05) is 36.4 Å². The highest BCUT2D eigenvalue weighted by molar-refractivity contribution is 6.03. The van der Waals surface area contributed by atoms with Gasteiger partial charge in [0.05, 0.1) is 29.1 Å². The zero-order chi connectivity index (χ0) is 31.3. The van der Waals surface area contributed by atoms with Crippen LogP contribution in [-0.2, 0) is 11.3 Å². The molecule has 0 radical (unpaired) electrons. The van der Waals surface area contributed by atoms with E-state index in [9.17, 15) is 14.9 Å². The van der Waals surface area contributed by atoms with Gasteiger partial charge in [0.1, 0.15) is 11.3 Å². The molecule has 1 aliphatic rings. The first-order chi connectivity index (χ1) is 21.1. The largest absolute Gasteiger partial charge is 0.444 e. The summed E-state index contributed by atoms with van der Waals surface area (Å²) in [5.41, 5.74) is 5.29. The van der Waals surface area contributed by atoms with E-state index in [0.717, 1.165) is 23.2 Å². The molecular formula is C35H38N6O3. The van der Waals surface area contributed by atoms with Gasteiger partial charge in [0.25, 0.3) is 5.91 Å². The van der Waals surface area contributed by atoms with Crippen LogP contribution in [0.25, 0.3) is 5.69 Å². The van der Waals surface area contributed by atoms with E-state index in [4.69, 9.17) is 4.74 Å². The van der Waals surface area contributed by atoms with Crippen molar-refractivity contribution < 1.29 is 14.3 Å². The number of rotatable bonds is 10. The topological polar surface area (TPSA) is 121 Å². The molecule has 1 aliphatic carbocycles. The normalized spacial score (nSPS) is 13.5. The summed E-state index contributed by atoms with van der Waals surface area (Å²) in [4.78, 5) is 25.7. The van der Waals surface area contributed by atoms with Crippen molar-refractivity contribution in [1.29, 1.82) is 5.26 Å². The number of hydrogen-bond acceptors (Lipinski definition) is 6. The third kappa shape index (κ3) is 8.12. The molecule has 4 aromatic rings. The first-order valence-corrected chi connectivity index (χ1v) is 14.9. The second-order valence-electron chi connectivity index (χ2n) is 12.2. The van der Waals surface area contributed by atoms with Gasteiger partial charge in [-0.2, -0.15) is 10.4 Å². The van der Waals surface area contributed by atoms with Crippen molar-refractivity contribution in [3.63, 3.8) is 0 Å². The van der Waals surface area contributed by atoms with Crippen molar-refractivity contribution in [3.05, 3.63) is 113 Å². The van der Waals surface area contributed by atoms with Crippen molar-refractivity contribution >= 4 is 17.7 Å². The Hall–Kier alpha value is -4.94. The number of ether oxygens (including phenoxy) is 1. The number of benzene rings is 3. The van der Waals surface area contributed by atoms with E-state index in [1.165, 1.54) is 12.8 Å². The van der Waals surface area contributed by atoms with Gasteiger partial charge in [0.15, 0.2) is 0 Å². The quantitative estimate of drug-likeness (QED) is 0.196. The number of carbonyl (C=O) groups is 2. The van der Waals surface area contributed by atoms with Crippen molar-refractivity contribution in [2.45, 2.75) is 58.7 Å². The van der Waals surface area contributed by atoms with Crippen LogP contribution >= 0.6 is 0 Å². The van der Waals surface area contributed by atoms with Gasteiger partial charge in [-0.25, -0.2) is 9.48 Å². The zero-order valence-corrected chi connectivity index (χ0v) is 25.6. The predicted molar refractivity (Wildman–Crippen MR) is 169 cm³/mol. The number of aryl methyl sites for hydroxylation is 1. The van der Waals surface area contributed by atoms with Crippen molar-refractivity contribution in [3.8, 4) is 11.8 Å². The average Bonchev–Trinajstić information content (AvgIpc) is 3.74. The summed E-state index contributed by atoms with van der Waals surface area (Å²) in [6.45, 7) is 8.44. The van der Waals surface area contributed by atoms with E-state index in [2.05, 4.69) is 27.1 Å². The van der Waals surface area contributed by atoms with Crippen molar-refractivity contribution in [2.24, 2.45) is 5.92 Å². The number of nitrogens with zero attached hydrogens (tertiary/aromatic N) is 3. The van der Waals surface area contributed by atoms with E-state index in [-0.39, 0.29) is 18.5 Å². The molecule has 3 N–H and O–H groups in total. The maximum Gasteiger partial charge on any atom is 0.407 e. The Bertz CT molecular complexity index is 1690. The Morgan fingerprint density at radius 3 is 2.48 bits per heavy atom. The second-order valence-corrected chi connectivity index (χ2v) is 12.2. The van der Waals surface area contributed by atoms with Gasteiger partial charge >= 0.3 is 6.09 Å². The summed E-state index contributed by atoms with van der Waals surface area (Å²) >= 11 is 0. The minimum absolute atomic E-state index is 0.120. The average molecular weight is 591 g/mol. The lowest BCUT2D eigenvalue weighted by atomic mass is 9.96. The lowest BCUT2D eigenvalue weighted by Crippen LogP contribution is -2.32. The minimum atomic E-state index is -0.587. The summed E-state index contributed by atoms with van der Waals surface area (Å²) in [6, 6.07) is 26.8. The summed E-state index contributed by atoms with van der Waals surface area (Å²) in [6.07, 6.45) is 1.96. The first-order valence-electron chi connectivity index (χ1n) is 14.9. The van der Waals surface area contributed by atoms with Crippen LogP contribution in [0.15, 0.2) is 78.9 Å². The summed E-state index contributed by atoms with van der Waals surface area (Å²) in [5, 5.41) is 23.5. The molecule has 1 atom stereocenters. The standard InChI is InChI=1S/C35H38N6O3/c1-23-16-31(41(40-23)30-13-6-9-26(18-30)22-38-34(43)44-35(2,3)4)33(42)39-29-12-7-11-28(19-29)32(37-21-24-14-15-24)27-10-5-8-25(17-27)20-36/h5-13,16-19,24,32,37H,14-15,21-22H2,1-4H3,(H,38,43)(H,39,42). The molecule has 44 heavy (non-hydrogen) atoms. The maximum atomic E-state index is 13.6. The third-order valence-electron chi connectivity index (χ3n) is 7.19. The fourth-order valence-corrected chi connectivity index (χ4v) is 4.96. The van der Waals surface area contributed by atoms with Crippen LogP contribution in [0, 0.1) is 24.2 Å². The minimum Gasteiger partial charge on any atom is -0.444 e. The molecule has 1 aromatic heterocycles. The molecule has 226 valence electrons. The Morgan fingerprint density at radius 1 is 1.02 bits per heavy atom. The van der Waals surface area contributed by atoms with Crippen molar-refractivity contribution in [2.75, 3.05) is 11.9 Å². The summed E-state index contributed by atoms with van der Waals surface area (Å²) in [7, 11) is 0. The highest BCUT2D eigenvalue weighted by Crippen LogP contribution is 2.31. The van der Waals surface area contributed by atoms with Gasteiger partial charge in [-0.05, 0) is 112 Å². The fraction of sp³-hybridized carbons (Fsp3) is 0.314. The number of amides is 2. The zero-order valence-electron chi connectivity index (χ0n) is 25.6. The molecule has 9 heteroatoms. The monoisotopic (exact) mass is 590 g/mol. The highest BCUT2D eigenvalue weighted by atomic mass is 16.6. The van der Waals surface area contributed by atoms with Crippen LogP contribution in [-0.4, -0.2) is 33.9 Å². The molecule has 9 nitrogen and oxygen atoms in total. The lowest BCUT2D eigenvalue weighted by molar-refractivity contribution is 0.0523. The SMILES string of the molecule is Cc1cc(C(=O)Nc2cccc(C(NCC3CC3)c3cccc(C#N)c3)c2)n(-c2cccc(CNC(=O)OC(C)(C)C)c2)n1. The van der Waals surface area contributed by atoms with E-state index in [1.54, 1.807) is 16.8 Å². The Labute approximate surface area is 258 Å². The third-order valence-corrected chi connectivity index (χ3v) is 7.19. The molecule has 3 aromatic carbocycles. The van der Waals surface area contributed by atoms with Crippen LogP contribution in [0.2, 0.25) is 0 Å². The highest BCUT2D eigenvalue weighted by Gasteiger charge is 2.24. The number of nitriles is 1. The number of aromatic nitrogens is 2. The predicted octanol–water partition coefficient (Wildman–Crippen LogP) is 6.42. The van der Waals surface area contributed by atoms with Crippen LogP contribution in [0.5, 0.6) is 0 Å². The van der Waals surface area contributed by atoms with Crippen molar-refractivity contribution in [1.82, 2.24) is 20.4 Å². The molecular weight excluding hydrogens is 552 g/mol. The molecule has 1 unspecified atom stereocenters. The Morgan fingerprint density at radius 2 is 1.75 bits per heavy atom. The molecule has 1 heterocycles. The van der Waals surface area contributed by atoms with Gasteiger partial charge in [0, 0.05) is 12.2 Å². The molecule has 0 saturated heterocycles. The maximum absolute atomic E-state index is 13.6. The number of alkyl carbamates (subject to hydrolysis) is 1. The van der Waals surface area contributed by atoms with Gasteiger partial charge in [-0.3, -0.25) is 4.79 Å². The number of carbonyl (C=O) groups excluding carboxylic acids is 2. The molecule has 2 amide bonds. The van der Waals surface area contributed by atoms with Crippen LogP contribution in [0.3, 0.4) is 0 Å². The van der Waals surface area contributed by atoms with Gasteiger partial charge in [-0.15, -0.1) is 0 Å². The number of anilines is 1. The second kappa shape index (κ2) is 13.1. The molecule has 5 rings (SSSR count). The van der Waals surface area contributed by atoms with E-state index < -0.39 is 11.7 Å².